The van der Waals surface area contributed by atoms with E-state index >= 15 is 0 Å². The number of amides is 1. The minimum Gasteiger partial charge on any atom is -0.365 e. The average Bonchev–Trinajstić information content (AvgIpc) is 2.75. The first-order valence-electron chi connectivity index (χ1n) is 10.8. The number of hydrogen-bond acceptors (Lipinski definition) is 6. The second kappa shape index (κ2) is 8.90. The SMILES string of the molecule is NC(=O)c1cn(C2CCCCC2)c2nc(NCCN3CCCCC3)ncc2c1=O. The first-order valence-corrected chi connectivity index (χ1v) is 10.8. The molecule has 8 nitrogen and oxygen atoms in total. The van der Waals surface area contributed by atoms with Gasteiger partial charge in [0, 0.05) is 31.5 Å². The van der Waals surface area contributed by atoms with Crippen molar-refractivity contribution in [2.45, 2.75) is 57.4 Å². The van der Waals surface area contributed by atoms with Crippen molar-refractivity contribution in [1.82, 2.24) is 19.4 Å². The number of likely N-dealkylation sites (tertiary alicyclic amines) is 1. The highest BCUT2D eigenvalue weighted by molar-refractivity contribution is 5.95. The minimum atomic E-state index is -0.704. The fourth-order valence-corrected chi connectivity index (χ4v) is 4.54. The zero-order chi connectivity index (χ0) is 20.2. The lowest BCUT2D eigenvalue weighted by Gasteiger charge is -2.27. The molecule has 0 atom stereocenters. The molecule has 2 fully saturated rings. The molecular formula is C21H30N6O2. The van der Waals surface area contributed by atoms with Crippen LogP contribution >= 0.6 is 0 Å². The fraction of sp³-hybridized carbons (Fsp3) is 0.619. The van der Waals surface area contributed by atoms with Gasteiger partial charge in [-0.3, -0.25) is 9.59 Å². The van der Waals surface area contributed by atoms with Crippen LogP contribution in [0.4, 0.5) is 5.95 Å². The topological polar surface area (TPSA) is 106 Å². The molecule has 0 radical (unpaired) electrons. The number of carbonyl (C=O) groups excluding carboxylic acids is 1. The third-order valence-corrected chi connectivity index (χ3v) is 6.16. The number of nitrogens with two attached hydrogens (primary N) is 1. The van der Waals surface area contributed by atoms with E-state index < -0.39 is 5.91 Å². The zero-order valence-corrected chi connectivity index (χ0v) is 16.9. The van der Waals surface area contributed by atoms with E-state index in [1.54, 1.807) is 6.20 Å². The minimum absolute atomic E-state index is 0.0116. The van der Waals surface area contributed by atoms with E-state index in [0.29, 0.717) is 17.0 Å². The lowest BCUT2D eigenvalue weighted by atomic mass is 9.95. The Morgan fingerprint density at radius 2 is 1.86 bits per heavy atom. The van der Waals surface area contributed by atoms with Crippen LogP contribution in [0, 0.1) is 0 Å². The highest BCUT2D eigenvalue weighted by Crippen LogP contribution is 2.30. The van der Waals surface area contributed by atoms with Crippen molar-refractivity contribution >= 4 is 22.9 Å². The van der Waals surface area contributed by atoms with Gasteiger partial charge in [-0.2, -0.15) is 4.98 Å². The van der Waals surface area contributed by atoms with Gasteiger partial charge in [0.25, 0.3) is 5.91 Å². The van der Waals surface area contributed by atoms with Crippen molar-refractivity contribution in [2.75, 3.05) is 31.5 Å². The first-order chi connectivity index (χ1) is 14.1. The van der Waals surface area contributed by atoms with E-state index in [2.05, 4.69) is 20.2 Å². The van der Waals surface area contributed by atoms with Gasteiger partial charge in [-0.15, -0.1) is 0 Å². The Morgan fingerprint density at radius 1 is 1.14 bits per heavy atom. The van der Waals surface area contributed by atoms with Crippen molar-refractivity contribution in [1.29, 1.82) is 0 Å². The van der Waals surface area contributed by atoms with Crippen molar-refractivity contribution in [3.05, 3.63) is 28.2 Å². The number of nitrogens with zero attached hydrogens (tertiary/aromatic N) is 4. The molecule has 156 valence electrons. The van der Waals surface area contributed by atoms with E-state index in [0.717, 1.165) is 51.9 Å². The van der Waals surface area contributed by atoms with Gasteiger partial charge < -0.3 is 20.5 Å². The lowest BCUT2D eigenvalue weighted by molar-refractivity contribution is 0.0998. The normalized spacial score (nSPS) is 18.8. The quantitative estimate of drug-likeness (QED) is 0.773. The van der Waals surface area contributed by atoms with Gasteiger partial charge in [0.05, 0.1) is 5.39 Å². The van der Waals surface area contributed by atoms with Crippen LogP contribution in [0.2, 0.25) is 0 Å². The molecule has 1 amide bonds. The predicted molar refractivity (Wildman–Crippen MR) is 113 cm³/mol. The number of fused-ring (bicyclic) bond motifs is 1. The molecule has 0 bridgehead atoms. The predicted octanol–water partition coefficient (Wildman–Crippen LogP) is 2.29. The summed E-state index contributed by atoms with van der Waals surface area (Å²) in [6, 6.07) is 0.223. The van der Waals surface area contributed by atoms with E-state index in [4.69, 9.17) is 5.73 Å². The molecule has 29 heavy (non-hydrogen) atoms. The van der Waals surface area contributed by atoms with Crippen molar-refractivity contribution in [2.24, 2.45) is 5.73 Å². The van der Waals surface area contributed by atoms with Crippen LogP contribution in [0.5, 0.6) is 0 Å². The highest BCUT2D eigenvalue weighted by atomic mass is 16.2. The van der Waals surface area contributed by atoms with Crippen molar-refractivity contribution < 1.29 is 4.79 Å². The summed E-state index contributed by atoms with van der Waals surface area (Å²) in [4.78, 5) is 36.0. The second-order valence-corrected chi connectivity index (χ2v) is 8.20. The Bertz CT molecular complexity index is 929. The maximum absolute atomic E-state index is 12.7. The molecule has 1 saturated heterocycles. The Kier molecular flexibility index (Phi) is 6.08. The standard InChI is InChI=1S/C21H30N6O2/c22-19(29)17-14-27(15-7-3-1-4-8-15)20-16(18(17)28)13-24-21(25-20)23-9-12-26-10-5-2-6-11-26/h13-15H,1-12H2,(H2,22,29)(H,23,24,25). The van der Waals surface area contributed by atoms with E-state index in [1.807, 2.05) is 4.57 Å². The number of rotatable bonds is 6. The summed E-state index contributed by atoms with van der Waals surface area (Å²) in [5.74, 6) is -0.185. The number of carbonyl (C=O) groups is 1. The Hall–Kier alpha value is -2.48. The number of primary amides is 1. The first kappa shape index (κ1) is 19.8. The van der Waals surface area contributed by atoms with Crippen LogP contribution in [0.1, 0.15) is 67.8 Å². The van der Waals surface area contributed by atoms with Crippen LogP contribution in [0.25, 0.3) is 11.0 Å². The van der Waals surface area contributed by atoms with Crippen LogP contribution < -0.4 is 16.5 Å². The number of piperidine rings is 1. The Morgan fingerprint density at radius 3 is 2.59 bits per heavy atom. The molecular weight excluding hydrogens is 368 g/mol. The molecule has 3 heterocycles. The maximum atomic E-state index is 12.7. The summed E-state index contributed by atoms with van der Waals surface area (Å²) >= 11 is 0. The Balaban J connectivity index is 1.61. The van der Waals surface area contributed by atoms with Gasteiger partial charge in [0.15, 0.2) is 0 Å². The van der Waals surface area contributed by atoms with E-state index in [9.17, 15) is 9.59 Å². The monoisotopic (exact) mass is 398 g/mol. The number of aromatic nitrogens is 3. The highest BCUT2D eigenvalue weighted by Gasteiger charge is 2.21. The van der Waals surface area contributed by atoms with Gasteiger partial charge in [-0.25, -0.2) is 4.98 Å². The Labute approximate surface area is 170 Å². The van der Waals surface area contributed by atoms with Gasteiger partial charge in [-0.05, 0) is 38.8 Å². The molecule has 1 aliphatic carbocycles. The number of pyridine rings is 1. The average molecular weight is 399 g/mol. The second-order valence-electron chi connectivity index (χ2n) is 8.20. The van der Waals surface area contributed by atoms with Gasteiger partial charge in [0.1, 0.15) is 11.2 Å². The van der Waals surface area contributed by atoms with Gasteiger partial charge in [0.2, 0.25) is 11.4 Å². The molecule has 2 aliphatic rings. The van der Waals surface area contributed by atoms with Crippen LogP contribution in [0.15, 0.2) is 17.2 Å². The lowest BCUT2D eigenvalue weighted by Crippen LogP contribution is -2.34. The smallest absolute Gasteiger partial charge is 0.254 e. The summed E-state index contributed by atoms with van der Waals surface area (Å²) < 4.78 is 1.98. The summed E-state index contributed by atoms with van der Waals surface area (Å²) in [6.45, 7) is 4.02. The zero-order valence-electron chi connectivity index (χ0n) is 16.9. The van der Waals surface area contributed by atoms with Gasteiger partial charge in [-0.1, -0.05) is 25.7 Å². The van der Waals surface area contributed by atoms with Crippen LogP contribution in [0.3, 0.4) is 0 Å². The fourth-order valence-electron chi connectivity index (χ4n) is 4.54. The molecule has 0 aromatic carbocycles. The third-order valence-electron chi connectivity index (χ3n) is 6.16. The van der Waals surface area contributed by atoms with Crippen molar-refractivity contribution in [3.8, 4) is 0 Å². The molecule has 2 aromatic heterocycles. The maximum Gasteiger partial charge on any atom is 0.254 e. The summed E-state index contributed by atoms with van der Waals surface area (Å²) in [5.41, 5.74) is 5.67. The number of hydrogen-bond donors (Lipinski definition) is 2. The van der Waals surface area contributed by atoms with Crippen molar-refractivity contribution in [3.63, 3.8) is 0 Å². The molecule has 2 aromatic rings. The molecule has 1 aliphatic heterocycles. The third kappa shape index (κ3) is 4.42. The van der Waals surface area contributed by atoms with E-state index in [1.165, 1.54) is 31.9 Å². The summed E-state index contributed by atoms with van der Waals surface area (Å²) in [7, 11) is 0. The molecule has 8 heteroatoms. The molecule has 4 rings (SSSR count). The summed E-state index contributed by atoms with van der Waals surface area (Å²) in [6.07, 6.45) is 12.5. The van der Waals surface area contributed by atoms with E-state index in [-0.39, 0.29) is 17.0 Å². The number of nitrogens with one attached hydrogen (secondary N) is 1. The van der Waals surface area contributed by atoms with Crippen LogP contribution in [-0.4, -0.2) is 51.5 Å². The molecule has 0 unspecified atom stereocenters. The van der Waals surface area contributed by atoms with Crippen LogP contribution in [-0.2, 0) is 0 Å². The molecule has 1 saturated carbocycles. The van der Waals surface area contributed by atoms with Gasteiger partial charge >= 0.3 is 0 Å². The summed E-state index contributed by atoms with van der Waals surface area (Å²) in [5, 5.41) is 3.66. The molecule has 0 spiro atoms. The number of anilines is 1. The molecule has 3 N–H and O–H groups in total. The largest absolute Gasteiger partial charge is 0.365 e.